The smallest absolute Gasteiger partial charge is 0.138 e. The average molecular weight is 316 g/mol. The highest BCUT2D eigenvalue weighted by Gasteiger charge is 2.23. The van der Waals surface area contributed by atoms with Crippen LogP contribution in [0.5, 0.6) is 5.75 Å². The van der Waals surface area contributed by atoms with Crippen LogP contribution in [0.15, 0.2) is 18.5 Å². The predicted molar refractivity (Wildman–Crippen MR) is 92.8 cm³/mol. The minimum atomic E-state index is 0.224. The minimum Gasteiger partial charge on any atom is -0.489 e. The molecule has 1 atom stereocenters. The van der Waals surface area contributed by atoms with Crippen molar-refractivity contribution < 1.29 is 4.74 Å². The molecule has 1 radical (unpaired) electrons. The molecule has 0 spiro atoms. The van der Waals surface area contributed by atoms with Gasteiger partial charge in [-0.25, -0.2) is 5.32 Å². The molecule has 2 heterocycles. The van der Waals surface area contributed by atoms with Crippen molar-refractivity contribution >= 4 is 0 Å². The Morgan fingerprint density at radius 2 is 1.96 bits per heavy atom. The van der Waals surface area contributed by atoms with Gasteiger partial charge < -0.3 is 4.74 Å². The summed E-state index contributed by atoms with van der Waals surface area (Å²) in [6, 6.07) is 2.96. The largest absolute Gasteiger partial charge is 0.489 e. The monoisotopic (exact) mass is 316 g/mol. The summed E-state index contributed by atoms with van der Waals surface area (Å²) in [6.07, 6.45) is 11.6. The zero-order chi connectivity index (χ0) is 16.1. The van der Waals surface area contributed by atoms with Crippen LogP contribution in [0.2, 0.25) is 0 Å². The van der Waals surface area contributed by atoms with E-state index in [1.165, 1.54) is 37.7 Å². The Labute approximate surface area is 140 Å². The maximum Gasteiger partial charge on any atom is 0.138 e. The standard InChI is InChI=1S/C19H30N3O/c1-15(2)22-10-6-9-21-19(14-22)16-11-18(13-20-12-16)23-17-7-4-3-5-8-17/h11-13,15,17,19H,3-10,14H2,1-2H3. The number of nitrogens with zero attached hydrogens (tertiary/aromatic N) is 3. The van der Waals surface area contributed by atoms with Crippen LogP contribution in [0.3, 0.4) is 0 Å². The fraction of sp³-hybridized carbons (Fsp3) is 0.737. The number of hydrogen-bond donors (Lipinski definition) is 0. The summed E-state index contributed by atoms with van der Waals surface area (Å²) < 4.78 is 6.17. The molecule has 1 aromatic rings. The second kappa shape index (κ2) is 8.11. The fourth-order valence-corrected chi connectivity index (χ4v) is 3.63. The Kier molecular flexibility index (Phi) is 5.90. The lowest BCUT2D eigenvalue weighted by molar-refractivity contribution is 0.154. The van der Waals surface area contributed by atoms with E-state index in [0.717, 1.165) is 31.8 Å². The van der Waals surface area contributed by atoms with Gasteiger partial charge in [-0.05, 0) is 64.1 Å². The third kappa shape index (κ3) is 4.67. The zero-order valence-electron chi connectivity index (χ0n) is 14.6. The first kappa shape index (κ1) is 16.7. The molecule has 1 aromatic heterocycles. The molecule has 0 aromatic carbocycles. The molecule has 0 N–H and O–H groups in total. The summed E-state index contributed by atoms with van der Waals surface area (Å²) >= 11 is 0. The van der Waals surface area contributed by atoms with E-state index in [-0.39, 0.29) is 6.04 Å². The van der Waals surface area contributed by atoms with Gasteiger partial charge in [0.1, 0.15) is 5.75 Å². The van der Waals surface area contributed by atoms with Crippen LogP contribution in [0.1, 0.15) is 64.0 Å². The highest BCUT2D eigenvalue weighted by Crippen LogP contribution is 2.26. The average Bonchev–Trinajstić information content (AvgIpc) is 2.82. The molecule has 2 fully saturated rings. The van der Waals surface area contributed by atoms with Gasteiger partial charge >= 0.3 is 0 Å². The van der Waals surface area contributed by atoms with Crippen molar-refractivity contribution in [3.63, 3.8) is 0 Å². The van der Waals surface area contributed by atoms with Gasteiger partial charge in [-0.15, -0.1) is 0 Å². The number of ether oxygens (including phenoxy) is 1. The lowest BCUT2D eigenvalue weighted by Crippen LogP contribution is -2.35. The molecule has 1 aliphatic carbocycles. The third-order valence-electron chi connectivity index (χ3n) is 5.06. The maximum atomic E-state index is 6.17. The molecular weight excluding hydrogens is 286 g/mol. The third-order valence-corrected chi connectivity index (χ3v) is 5.06. The van der Waals surface area contributed by atoms with E-state index in [9.17, 15) is 0 Å². The van der Waals surface area contributed by atoms with E-state index in [4.69, 9.17) is 10.1 Å². The summed E-state index contributed by atoms with van der Waals surface area (Å²) in [6.45, 7) is 7.61. The highest BCUT2D eigenvalue weighted by atomic mass is 16.5. The van der Waals surface area contributed by atoms with Crippen LogP contribution in [-0.2, 0) is 0 Å². The first-order valence-electron chi connectivity index (χ1n) is 9.24. The van der Waals surface area contributed by atoms with Gasteiger partial charge in [-0.2, -0.15) is 0 Å². The molecule has 3 rings (SSSR count). The van der Waals surface area contributed by atoms with E-state index < -0.39 is 0 Å². The molecule has 1 saturated heterocycles. The van der Waals surface area contributed by atoms with Gasteiger partial charge in [0.15, 0.2) is 0 Å². The van der Waals surface area contributed by atoms with E-state index >= 15 is 0 Å². The van der Waals surface area contributed by atoms with Crippen molar-refractivity contribution in [2.24, 2.45) is 0 Å². The first-order chi connectivity index (χ1) is 11.2. The van der Waals surface area contributed by atoms with Gasteiger partial charge in [0.25, 0.3) is 0 Å². The minimum absolute atomic E-state index is 0.224. The second-order valence-corrected chi connectivity index (χ2v) is 7.20. The number of hydrogen-bond acceptors (Lipinski definition) is 3. The predicted octanol–water partition coefficient (Wildman–Crippen LogP) is 3.55. The Bertz CT molecular complexity index is 485. The van der Waals surface area contributed by atoms with Crippen LogP contribution < -0.4 is 10.1 Å². The second-order valence-electron chi connectivity index (χ2n) is 7.20. The molecule has 1 saturated carbocycles. The quantitative estimate of drug-likeness (QED) is 0.853. The van der Waals surface area contributed by atoms with E-state index in [1.807, 2.05) is 12.4 Å². The normalized spacial score (nSPS) is 24.6. The van der Waals surface area contributed by atoms with Crippen LogP contribution in [0.4, 0.5) is 0 Å². The Morgan fingerprint density at radius 1 is 1.13 bits per heavy atom. The molecule has 1 unspecified atom stereocenters. The number of rotatable bonds is 4. The molecule has 0 amide bonds. The van der Waals surface area contributed by atoms with Crippen LogP contribution in [0, 0.1) is 0 Å². The van der Waals surface area contributed by atoms with Crippen molar-refractivity contribution in [2.45, 2.75) is 70.6 Å². The number of pyridine rings is 1. The van der Waals surface area contributed by atoms with Gasteiger partial charge in [0.05, 0.1) is 18.3 Å². The molecule has 2 aliphatic rings. The topological polar surface area (TPSA) is 39.5 Å². The molecule has 4 nitrogen and oxygen atoms in total. The Balaban J connectivity index is 1.67. The van der Waals surface area contributed by atoms with Crippen LogP contribution in [0.25, 0.3) is 0 Å². The maximum absolute atomic E-state index is 6.17. The molecular formula is C19H30N3O. The zero-order valence-corrected chi connectivity index (χ0v) is 14.6. The number of aromatic nitrogens is 1. The lowest BCUT2D eigenvalue weighted by Gasteiger charge is -2.27. The lowest BCUT2D eigenvalue weighted by atomic mass is 9.98. The molecule has 1 aliphatic heterocycles. The Morgan fingerprint density at radius 3 is 2.74 bits per heavy atom. The van der Waals surface area contributed by atoms with Crippen molar-refractivity contribution in [3.05, 3.63) is 24.0 Å². The van der Waals surface area contributed by atoms with Crippen LogP contribution >= 0.6 is 0 Å². The molecule has 4 heteroatoms. The van der Waals surface area contributed by atoms with Gasteiger partial charge in [-0.3, -0.25) is 9.88 Å². The van der Waals surface area contributed by atoms with Gasteiger partial charge in [-0.1, -0.05) is 6.42 Å². The Hall–Kier alpha value is -1.13. The summed E-state index contributed by atoms with van der Waals surface area (Å²) in [7, 11) is 0. The summed E-state index contributed by atoms with van der Waals surface area (Å²) in [4.78, 5) is 6.95. The first-order valence-corrected chi connectivity index (χ1v) is 9.24. The van der Waals surface area contributed by atoms with Gasteiger partial charge in [0.2, 0.25) is 0 Å². The summed E-state index contributed by atoms with van der Waals surface area (Å²) in [5.74, 6) is 0.921. The highest BCUT2D eigenvalue weighted by molar-refractivity contribution is 5.26. The van der Waals surface area contributed by atoms with E-state index in [1.54, 1.807) is 0 Å². The molecule has 23 heavy (non-hydrogen) atoms. The van der Waals surface area contributed by atoms with Crippen molar-refractivity contribution in [1.82, 2.24) is 15.2 Å². The fourth-order valence-electron chi connectivity index (χ4n) is 3.63. The van der Waals surface area contributed by atoms with Crippen molar-refractivity contribution in [1.29, 1.82) is 0 Å². The van der Waals surface area contributed by atoms with E-state index in [2.05, 4.69) is 29.8 Å². The van der Waals surface area contributed by atoms with E-state index in [0.29, 0.717) is 12.1 Å². The molecule has 127 valence electrons. The van der Waals surface area contributed by atoms with Crippen molar-refractivity contribution in [3.8, 4) is 5.75 Å². The molecule has 0 bridgehead atoms. The SMILES string of the molecule is CC(C)N1CCC[N]C(c2cncc(OC3CCCCC3)c2)C1. The summed E-state index contributed by atoms with van der Waals surface area (Å²) in [5, 5.41) is 4.88. The van der Waals surface area contributed by atoms with Crippen LogP contribution in [-0.4, -0.2) is 41.7 Å². The van der Waals surface area contributed by atoms with Crippen molar-refractivity contribution in [2.75, 3.05) is 19.6 Å². The summed E-state index contributed by atoms with van der Waals surface area (Å²) in [5.41, 5.74) is 1.20. The van der Waals surface area contributed by atoms with Gasteiger partial charge in [0, 0.05) is 25.3 Å².